The Balaban J connectivity index is 1.18. The molecule has 4 aliphatic rings. The van der Waals surface area contributed by atoms with E-state index in [1.54, 1.807) is 7.11 Å². The Bertz CT molecular complexity index is 945. The summed E-state index contributed by atoms with van der Waals surface area (Å²) in [7, 11) is 1.68. The largest absolute Gasteiger partial charge is 0.382 e. The summed E-state index contributed by atoms with van der Waals surface area (Å²) in [4.78, 5) is 21.5. The van der Waals surface area contributed by atoms with Crippen LogP contribution in [0.3, 0.4) is 0 Å². The van der Waals surface area contributed by atoms with Gasteiger partial charge in [-0.15, -0.1) is 0 Å². The SMILES string of the molecule is COCCOCCOCCN1CCN(c2ccc3c(c2)[C@]2(C)CCN(CC4CC4)[C@](C)(C3=O)[C@@H]2C)CC1. The molecule has 3 atom stereocenters. The first-order chi connectivity index (χ1) is 17.9. The normalized spacial score (nSPS) is 30.5. The highest BCUT2D eigenvalue weighted by atomic mass is 16.5. The lowest BCUT2D eigenvalue weighted by Gasteiger charge is -2.59. The average molecular weight is 514 g/mol. The number of anilines is 1. The summed E-state index contributed by atoms with van der Waals surface area (Å²) < 4.78 is 16.2. The first-order valence-corrected chi connectivity index (χ1v) is 14.4. The van der Waals surface area contributed by atoms with Gasteiger partial charge in [0.1, 0.15) is 0 Å². The number of benzene rings is 1. The van der Waals surface area contributed by atoms with E-state index in [4.69, 9.17) is 14.2 Å². The van der Waals surface area contributed by atoms with Crippen LogP contribution in [0, 0.1) is 11.8 Å². The number of fused-ring (bicyclic) bond motifs is 4. The molecule has 2 heterocycles. The standard InChI is InChI=1S/C30H47N3O4/c1-23-29(2)9-10-33(22-24-5-6-24)30(23,3)28(34)26-8-7-25(21-27(26)29)32-13-11-31(12-14-32)15-16-36-19-20-37-18-17-35-4/h7-8,21,23-24H,5-6,9-20,22H2,1-4H3/t23-,29-,30+/m1/s1. The molecule has 0 N–H and O–H groups in total. The number of likely N-dealkylation sites (tertiary alicyclic amines) is 1. The lowest BCUT2D eigenvalue weighted by molar-refractivity contribution is -0.0249. The van der Waals surface area contributed by atoms with Gasteiger partial charge in [-0.2, -0.15) is 0 Å². The third-order valence-electron chi connectivity index (χ3n) is 9.95. The molecule has 1 aromatic rings. The van der Waals surface area contributed by atoms with E-state index < -0.39 is 0 Å². The fraction of sp³-hybridized carbons (Fsp3) is 0.767. The molecule has 206 valence electrons. The molecule has 0 radical (unpaired) electrons. The van der Waals surface area contributed by atoms with Crippen molar-refractivity contribution in [3.63, 3.8) is 0 Å². The molecule has 1 saturated carbocycles. The van der Waals surface area contributed by atoms with Crippen molar-refractivity contribution < 1.29 is 19.0 Å². The van der Waals surface area contributed by atoms with Gasteiger partial charge in [-0.05, 0) is 73.7 Å². The number of carbonyl (C=O) groups excluding carboxylic acids is 1. The van der Waals surface area contributed by atoms with Crippen molar-refractivity contribution in [3.05, 3.63) is 29.3 Å². The highest BCUT2D eigenvalue weighted by molar-refractivity contribution is 6.06. The van der Waals surface area contributed by atoms with Crippen molar-refractivity contribution >= 4 is 11.5 Å². The Morgan fingerprint density at radius 1 is 0.946 bits per heavy atom. The van der Waals surface area contributed by atoms with Gasteiger partial charge in [0, 0.05) is 57.6 Å². The lowest BCUT2D eigenvalue weighted by atomic mass is 9.53. The van der Waals surface area contributed by atoms with Gasteiger partial charge in [0.2, 0.25) is 0 Å². The number of piperidine rings is 1. The van der Waals surface area contributed by atoms with E-state index in [9.17, 15) is 4.79 Å². The number of ether oxygens (including phenoxy) is 3. The van der Waals surface area contributed by atoms with Crippen LogP contribution in [-0.2, 0) is 19.6 Å². The molecule has 7 heteroatoms. The minimum Gasteiger partial charge on any atom is -0.382 e. The van der Waals surface area contributed by atoms with Crippen LogP contribution in [0.15, 0.2) is 18.2 Å². The number of hydrogen-bond acceptors (Lipinski definition) is 7. The number of carbonyl (C=O) groups is 1. The molecule has 2 saturated heterocycles. The van der Waals surface area contributed by atoms with Crippen LogP contribution in [0.1, 0.15) is 56.0 Å². The van der Waals surface area contributed by atoms with Gasteiger partial charge < -0.3 is 19.1 Å². The zero-order valence-electron chi connectivity index (χ0n) is 23.5. The van der Waals surface area contributed by atoms with Crippen LogP contribution in [0.4, 0.5) is 5.69 Å². The molecule has 0 aromatic heterocycles. The smallest absolute Gasteiger partial charge is 0.183 e. The molecule has 5 rings (SSSR count). The molecule has 2 aliphatic carbocycles. The second kappa shape index (κ2) is 11.3. The molecule has 2 aliphatic heterocycles. The van der Waals surface area contributed by atoms with Gasteiger partial charge in [0.05, 0.1) is 38.6 Å². The van der Waals surface area contributed by atoms with E-state index in [1.165, 1.54) is 24.1 Å². The Labute approximate surface area is 223 Å². The molecule has 0 unspecified atom stereocenters. The molecule has 0 spiro atoms. The average Bonchev–Trinajstić information content (AvgIpc) is 3.74. The van der Waals surface area contributed by atoms with Crippen molar-refractivity contribution in [2.45, 2.75) is 51.0 Å². The molecule has 1 aromatic carbocycles. The summed E-state index contributed by atoms with van der Waals surface area (Å²) in [5.41, 5.74) is 3.19. The fourth-order valence-electron chi connectivity index (χ4n) is 6.87. The van der Waals surface area contributed by atoms with E-state index in [0.717, 1.165) is 70.3 Å². The maximum atomic E-state index is 14.0. The van der Waals surface area contributed by atoms with Gasteiger partial charge in [0.15, 0.2) is 5.78 Å². The monoisotopic (exact) mass is 513 g/mol. The van der Waals surface area contributed by atoms with Gasteiger partial charge in [-0.1, -0.05) is 13.8 Å². The van der Waals surface area contributed by atoms with Crippen LogP contribution in [-0.4, -0.2) is 107 Å². The summed E-state index contributed by atoms with van der Waals surface area (Å²) in [5, 5.41) is 0. The zero-order chi connectivity index (χ0) is 26.0. The van der Waals surface area contributed by atoms with Crippen LogP contribution < -0.4 is 4.90 Å². The topological polar surface area (TPSA) is 54.5 Å². The van der Waals surface area contributed by atoms with Crippen molar-refractivity contribution in [2.24, 2.45) is 11.8 Å². The summed E-state index contributed by atoms with van der Waals surface area (Å²) in [5.74, 6) is 1.45. The third kappa shape index (κ3) is 5.35. The predicted molar refractivity (Wildman–Crippen MR) is 147 cm³/mol. The second-order valence-electron chi connectivity index (χ2n) is 12.0. The maximum Gasteiger partial charge on any atom is 0.183 e. The van der Waals surface area contributed by atoms with E-state index in [1.807, 2.05) is 0 Å². The van der Waals surface area contributed by atoms with Crippen LogP contribution in [0.2, 0.25) is 0 Å². The summed E-state index contributed by atoms with van der Waals surface area (Å²) in [6, 6.07) is 6.70. The Morgan fingerprint density at radius 2 is 1.65 bits per heavy atom. The van der Waals surface area contributed by atoms with Crippen LogP contribution >= 0.6 is 0 Å². The van der Waals surface area contributed by atoms with E-state index >= 15 is 0 Å². The van der Waals surface area contributed by atoms with Crippen LogP contribution in [0.5, 0.6) is 0 Å². The molecule has 0 amide bonds. The first kappa shape index (κ1) is 27.1. The molecule has 7 nitrogen and oxygen atoms in total. The Kier molecular flexibility index (Phi) is 8.27. The zero-order valence-corrected chi connectivity index (χ0v) is 23.5. The third-order valence-corrected chi connectivity index (χ3v) is 9.95. The number of methoxy groups -OCH3 is 1. The highest BCUT2D eigenvalue weighted by Crippen LogP contribution is 2.54. The van der Waals surface area contributed by atoms with Gasteiger partial charge in [-0.25, -0.2) is 0 Å². The molecular weight excluding hydrogens is 466 g/mol. The van der Waals surface area contributed by atoms with Crippen molar-refractivity contribution in [1.82, 2.24) is 9.80 Å². The van der Waals surface area contributed by atoms with Crippen molar-refractivity contribution in [3.8, 4) is 0 Å². The van der Waals surface area contributed by atoms with E-state index in [2.05, 4.69) is 53.7 Å². The number of Topliss-reactive ketones (excluding diaryl/α,β-unsaturated/α-hetero) is 1. The highest BCUT2D eigenvalue weighted by Gasteiger charge is 2.59. The summed E-state index contributed by atoms with van der Waals surface area (Å²) in [6.45, 7) is 17.4. The summed E-state index contributed by atoms with van der Waals surface area (Å²) >= 11 is 0. The molecule has 2 bridgehead atoms. The number of nitrogens with zero attached hydrogens (tertiary/aromatic N) is 3. The fourth-order valence-corrected chi connectivity index (χ4v) is 6.87. The number of rotatable bonds is 12. The number of hydrogen-bond donors (Lipinski definition) is 0. The Hall–Kier alpha value is -1.51. The van der Waals surface area contributed by atoms with Gasteiger partial charge in [0.25, 0.3) is 0 Å². The molecule has 37 heavy (non-hydrogen) atoms. The number of piperazine rings is 1. The quantitative estimate of drug-likeness (QED) is 0.397. The van der Waals surface area contributed by atoms with E-state index in [-0.39, 0.29) is 11.0 Å². The maximum absolute atomic E-state index is 14.0. The van der Waals surface area contributed by atoms with Crippen molar-refractivity contribution in [1.29, 1.82) is 0 Å². The minimum absolute atomic E-state index is 0.0422. The number of ketones is 1. The predicted octanol–water partition coefficient (Wildman–Crippen LogP) is 3.45. The molecular formula is C30H47N3O4. The van der Waals surface area contributed by atoms with Crippen molar-refractivity contribution in [2.75, 3.05) is 90.9 Å². The second-order valence-corrected chi connectivity index (χ2v) is 12.0. The minimum atomic E-state index is -0.381. The van der Waals surface area contributed by atoms with Crippen LogP contribution in [0.25, 0.3) is 0 Å². The van der Waals surface area contributed by atoms with E-state index in [0.29, 0.717) is 38.1 Å². The molecule has 3 fully saturated rings. The van der Waals surface area contributed by atoms with Gasteiger partial charge >= 0.3 is 0 Å². The Morgan fingerprint density at radius 3 is 2.35 bits per heavy atom. The lowest BCUT2D eigenvalue weighted by Crippen LogP contribution is -2.68. The van der Waals surface area contributed by atoms with Gasteiger partial charge in [-0.3, -0.25) is 14.6 Å². The first-order valence-electron chi connectivity index (χ1n) is 14.4. The summed E-state index contributed by atoms with van der Waals surface area (Å²) in [6.07, 6.45) is 3.79.